The fourth-order valence-corrected chi connectivity index (χ4v) is 2.78. The van der Waals surface area contributed by atoms with Crippen LogP contribution in [0.4, 0.5) is 13.2 Å². The first kappa shape index (κ1) is 16.4. The lowest BCUT2D eigenvalue weighted by Crippen LogP contribution is -2.33. The zero-order chi connectivity index (χ0) is 15.5. The van der Waals surface area contributed by atoms with Gasteiger partial charge in [-0.15, -0.1) is 0 Å². The average molecular weight is 323 g/mol. The van der Waals surface area contributed by atoms with Crippen LogP contribution in [0.25, 0.3) is 0 Å². The maximum absolute atomic E-state index is 12.3. The van der Waals surface area contributed by atoms with E-state index in [1.807, 2.05) is 0 Å². The highest BCUT2D eigenvalue weighted by molar-refractivity contribution is 6.30. The number of benzene rings is 1. The third-order valence-corrected chi connectivity index (χ3v) is 3.80. The van der Waals surface area contributed by atoms with Crippen molar-refractivity contribution in [1.82, 2.24) is 10.2 Å². The Bertz CT molecular complexity index is 482. The Labute approximate surface area is 126 Å². The van der Waals surface area contributed by atoms with E-state index in [0.717, 1.165) is 6.42 Å². The SMILES string of the molecule is Oc1ccc(Cl)cc1CNCC1CCN(CC(F)(F)F)C1. The smallest absolute Gasteiger partial charge is 0.401 e. The summed E-state index contributed by atoms with van der Waals surface area (Å²) < 4.78 is 36.9. The van der Waals surface area contributed by atoms with Crippen molar-refractivity contribution in [2.75, 3.05) is 26.2 Å². The summed E-state index contributed by atoms with van der Waals surface area (Å²) in [4.78, 5) is 1.43. The molecule has 118 valence electrons. The molecule has 2 rings (SSSR count). The van der Waals surface area contributed by atoms with Crippen LogP contribution < -0.4 is 5.32 Å². The van der Waals surface area contributed by atoms with Crippen LogP contribution in [-0.2, 0) is 6.54 Å². The first-order valence-corrected chi connectivity index (χ1v) is 7.18. The van der Waals surface area contributed by atoms with Gasteiger partial charge in [0, 0.05) is 23.7 Å². The van der Waals surface area contributed by atoms with Crippen molar-refractivity contribution >= 4 is 11.6 Å². The van der Waals surface area contributed by atoms with Crippen molar-refractivity contribution in [2.45, 2.75) is 19.1 Å². The lowest BCUT2D eigenvalue weighted by atomic mass is 10.1. The Kier molecular flexibility index (Phi) is 5.35. The topological polar surface area (TPSA) is 35.5 Å². The molecule has 1 atom stereocenters. The second kappa shape index (κ2) is 6.85. The van der Waals surface area contributed by atoms with Gasteiger partial charge in [-0.2, -0.15) is 13.2 Å². The van der Waals surface area contributed by atoms with Crippen LogP contribution in [0.15, 0.2) is 18.2 Å². The number of nitrogens with one attached hydrogen (secondary N) is 1. The molecule has 3 nitrogen and oxygen atoms in total. The third-order valence-electron chi connectivity index (χ3n) is 3.56. The molecule has 1 heterocycles. The summed E-state index contributed by atoms with van der Waals surface area (Å²) in [5, 5.41) is 13.4. The Balaban J connectivity index is 1.74. The van der Waals surface area contributed by atoms with Crippen LogP contribution in [0.2, 0.25) is 5.02 Å². The van der Waals surface area contributed by atoms with Gasteiger partial charge in [-0.05, 0) is 43.6 Å². The van der Waals surface area contributed by atoms with Gasteiger partial charge in [-0.1, -0.05) is 11.6 Å². The number of phenolic OH excluding ortho intramolecular Hbond substituents is 1. The van der Waals surface area contributed by atoms with E-state index in [4.69, 9.17) is 11.6 Å². The van der Waals surface area contributed by atoms with Crippen molar-refractivity contribution in [3.8, 4) is 5.75 Å². The molecule has 1 aliphatic heterocycles. The zero-order valence-electron chi connectivity index (χ0n) is 11.5. The Hall–Kier alpha value is -0.980. The minimum absolute atomic E-state index is 0.164. The quantitative estimate of drug-likeness (QED) is 0.874. The number of hydrogen-bond acceptors (Lipinski definition) is 3. The highest BCUT2D eigenvalue weighted by Crippen LogP contribution is 2.23. The Morgan fingerprint density at radius 2 is 2.14 bits per heavy atom. The summed E-state index contributed by atoms with van der Waals surface area (Å²) in [5.74, 6) is 0.366. The molecule has 1 saturated heterocycles. The largest absolute Gasteiger partial charge is 0.508 e. The van der Waals surface area contributed by atoms with Gasteiger partial charge in [-0.3, -0.25) is 4.90 Å². The first-order chi connectivity index (χ1) is 9.83. The molecule has 0 saturated carbocycles. The predicted octanol–water partition coefficient (Wildman–Crippen LogP) is 3.02. The second-order valence-electron chi connectivity index (χ2n) is 5.41. The van der Waals surface area contributed by atoms with E-state index >= 15 is 0 Å². The van der Waals surface area contributed by atoms with E-state index in [1.165, 1.54) is 11.0 Å². The highest BCUT2D eigenvalue weighted by atomic mass is 35.5. The molecule has 2 N–H and O–H groups in total. The zero-order valence-corrected chi connectivity index (χ0v) is 12.2. The number of likely N-dealkylation sites (tertiary alicyclic amines) is 1. The number of phenols is 1. The van der Waals surface area contributed by atoms with Gasteiger partial charge in [-0.25, -0.2) is 0 Å². The number of rotatable bonds is 5. The van der Waals surface area contributed by atoms with E-state index in [-0.39, 0.29) is 11.7 Å². The molecule has 0 amide bonds. The van der Waals surface area contributed by atoms with Gasteiger partial charge in [0.25, 0.3) is 0 Å². The van der Waals surface area contributed by atoms with Crippen molar-refractivity contribution in [3.05, 3.63) is 28.8 Å². The van der Waals surface area contributed by atoms with Crippen LogP contribution in [0.3, 0.4) is 0 Å². The molecule has 1 unspecified atom stereocenters. The van der Waals surface area contributed by atoms with Gasteiger partial charge >= 0.3 is 6.18 Å². The first-order valence-electron chi connectivity index (χ1n) is 6.81. The number of alkyl halides is 3. The van der Waals surface area contributed by atoms with Crippen LogP contribution in [-0.4, -0.2) is 42.4 Å². The molecule has 0 bridgehead atoms. The van der Waals surface area contributed by atoms with E-state index in [9.17, 15) is 18.3 Å². The van der Waals surface area contributed by atoms with Crippen molar-refractivity contribution in [2.24, 2.45) is 5.92 Å². The van der Waals surface area contributed by atoms with Gasteiger partial charge in [0.2, 0.25) is 0 Å². The van der Waals surface area contributed by atoms with E-state index in [2.05, 4.69) is 5.32 Å². The molecule has 1 aromatic rings. The molecule has 21 heavy (non-hydrogen) atoms. The van der Waals surface area contributed by atoms with Crippen LogP contribution in [0.5, 0.6) is 5.75 Å². The Morgan fingerprint density at radius 1 is 1.38 bits per heavy atom. The number of halogens is 4. The van der Waals surface area contributed by atoms with Crippen molar-refractivity contribution < 1.29 is 18.3 Å². The van der Waals surface area contributed by atoms with Gasteiger partial charge in [0.15, 0.2) is 0 Å². The summed E-state index contributed by atoms with van der Waals surface area (Å²) in [6.45, 7) is 1.17. The summed E-state index contributed by atoms with van der Waals surface area (Å²) in [5.41, 5.74) is 0.688. The summed E-state index contributed by atoms with van der Waals surface area (Å²) in [6.07, 6.45) is -3.38. The molecule has 0 aliphatic carbocycles. The summed E-state index contributed by atoms with van der Waals surface area (Å²) >= 11 is 5.85. The fourth-order valence-electron chi connectivity index (χ4n) is 2.58. The fraction of sp³-hybridized carbons (Fsp3) is 0.571. The molecule has 1 aliphatic rings. The standard InChI is InChI=1S/C14H18ClF3N2O/c15-12-1-2-13(21)11(5-12)7-19-6-10-3-4-20(8-10)9-14(16,17)18/h1-2,5,10,19,21H,3-4,6-9H2. The van der Waals surface area contributed by atoms with Crippen molar-refractivity contribution in [1.29, 1.82) is 0 Å². The van der Waals surface area contributed by atoms with E-state index in [0.29, 0.717) is 36.8 Å². The Morgan fingerprint density at radius 3 is 2.86 bits per heavy atom. The third kappa shape index (κ3) is 5.37. The minimum Gasteiger partial charge on any atom is -0.508 e. The highest BCUT2D eigenvalue weighted by Gasteiger charge is 2.34. The monoisotopic (exact) mass is 322 g/mol. The summed E-state index contributed by atoms with van der Waals surface area (Å²) in [6, 6.07) is 4.81. The molecular formula is C14H18ClF3N2O. The van der Waals surface area contributed by atoms with Crippen LogP contribution >= 0.6 is 11.6 Å². The lowest BCUT2D eigenvalue weighted by Gasteiger charge is -2.18. The second-order valence-corrected chi connectivity index (χ2v) is 5.85. The minimum atomic E-state index is -4.13. The summed E-state index contributed by atoms with van der Waals surface area (Å²) in [7, 11) is 0. The van der Waals surface area contributed by atoms with Gasteiger partial charge < -0.3 is 10.4 Å². The molecule has 0 spiro atoms. The molecular weight excluding hydrogens is 305 g/mol. The molecule has 1 fully saturated rings. The number of hydrogen-bond donors (Lipinski definition) is 2. The molecule has 0 aromatic heterocycles. The maximum Gasteiger partial charge on any atom is 0.401 e. The van der Waals surface area contributed by atoms with E-state index in [1.54, 1.807) is 12.1 Å². The molecule has 7 heteroatoms. The predicted molar refractivity (Wildman–Crippen MR) is 75.4 cm³/mol. The van der Waals surface area contributed by atoms with Crippen LogP contribution in [0, 0.1) is 5.92 Å². The lowest BCUT2D eigenvalue weighted by molar-refractivity contribution is -0.143. The van der Waals surface area contributed by atoms with E-state index < -0.39 is 12.7 Å². The normalized spacial score (nSPS) is 20.1. The molecule has 1 aromatic carbocycles. The van der Waals surface area contributed by atoms with Gasteiger partial charge in [0.1, 0.15) is 5.75 Å². The maximum atomic E-state index is 12.3. The van der Waals surface area contributed by atoms with Crippen LogP contribution in [0.1, 0.15) is 12.0 Å². The number of nitrogens with zero attached hydrogens (tertiary/aromatic N) is 1. The van der Waals surface area contributed by atoms with Crippen molar-refractivity contribution in [3.63, 3.8) is 0 Å². The van der Waals surface area contributed by atoms with Gasteiger partial charge in [0.05, 0.1) is 6.54 Å². The molecule has 0 radical (unpaired) electrons. The average Bonchev–Trinajstić information content (AvgIpc) is 2.79. The number of aromatic hydroxyl groups is 1.